The van der Waals surface area contributed by atoms with E-state index in [0.717, 1.165) is 11.1 Å². The Balaban J connectivity index is 1.84. The molecule has 2 rings (SSSR count). The van der Waals surface area contributed by atoms with Gasteiger partial charge in [0, 0.05) is 0 Å². The lowest BCUT2D eigenvalue weighted by molar-refractivity contribution is -0.133. The number of carbonyl (C=O) groups excluding carboxylic acids is 1. The quantitative estimate of drug-likeness (QED) is 0.885. The smallest absolute Gasteiger partial charge is 0.249 e. The van der Waals surface area contributed by atoms with Crippen molar-refractivity contribution in [3.05, 3.63) is 71.5 Å². The number of benzene rings is 2. The zero-order valence-corrected chi connectivity index (χ0v) is 12.8. The van der Waals surface area contributed by atoms with Gasteiger partial charge in [-0.15, -0.1) is 0 Å². The zero-order valence-electron chi connectivity index (χ0n) is 12.8. The van der Waals surface area contributed by atoms with Crippen LogP contribution in [0.4, 0.5) is 4.39 Å². The van der Waals surface area contributed by atoms with E-state index >= 15 is 0 Å². The van der Waals surface area contributed by atoms with Gasteiger partial charge in [0.05, 0.1) is 12.6 Å². The van der Waals surface area contributed by atoms with Crippen molar-refractivity contribution >= 4 is 5.91 Å². The summed E-state index contributed by atoms with van der Waals surface area (Å²) in [7, 11) is 0. The molecule has 0 radical (unpaired) electrons. The monoisotopic (exact) mass is 301 g/mol. The Labute approximate surface area is 130 Å². The predicted molar refractivity (Wildman–Crippen MR) is 83.7 cm³/mol. The number of hydrogen-bond donors (Lipinski definition) is 1. The highest BCUT2D eigenvalue weighted by atomic mass is 19.1. The molecule has 2 unspecified atom stereocenters. The van der Waals surface area contributed by atoms with Crippen LogP contribution in [-0.4, -0.2) is 12.0 Å². The molecule has 2 atom stereocenters. The molecular weight excluding hydrogens is 281 g/mol. The van der Waals surface area contributed by atoms with E-state index in [1.165, 1.54) is 12.1 Å². The molecule has 0 bridgehead atoms. The molecule has 3 nitrogen and oxygen atoms in total. The minimum Gasteiger partial charge on any atom is -0.364 e. The predicted octanol–water partition coefficient (Wildman–Crippen LogP) is 3.61. The largest absolute Gasteiger partial charge is 0.364 e. The van der Waals surface area contributed by atoms with E-state index in [4.69, 9.17) is 4.74 Å². The minimum absolute atomic E-state index is 0.187. The van der Waals surface area contributed by atoms with Crippen molar-refractivity contribution in [3.63, 3.8) is 0 Å². The summed E-state index contributed by atoms with van der Waals surface area (Å²) >= 11 is 0. The van der Waals surface area contributed by atoms with Crippen LogP contribution >= 0.6 is 0 Å². The highest BCUT2D eigenvalue weighted by Gasteiger charge is 2.16. The maximum Gasteiger partial charge on any atom is 0.249 e. The van der Waals surface area contributed by atoms with Gasteiger partial charge in [-0.25, -0.2) is 4.39 Å². The van der Waals surface area contributed by atoms with Crippen molar-refractivity contribution in [2.75, 3.05) is 0 Å². The standard InChI is InChI=1S/C18H20FNO2/c1-13(16-8-10-17(19)11-9-16)20-18(21)14(2)22-12-15-6-4-3-5-7-15/h3-11,13-14H,12H2,1-2H3,(H,20,21). The second-order valence-corrected chi connectivity index (χ2v) is 5.22. The van der Waals surface area contributed by atoms with Gasteiger partial charge in [0.1, 0.15) is 11.9 Å². The summed E-state index contributed by atoms with van der Waals surface area (Å²) in [6.07, 6.45) is -0.553. The molecule has 0 aliphatic heterocycles. The van der Waals surface area contributed by atoms with Gasteiger partial charge < -0.3 is 10.1 Å². The van der Waals surface area contributed by atoms with E-state index in [2.05, 4.69) is 5.32 Å². The number of rotatable bonds is 6. The van der Waals surface area contributed by atoms with Crippen molar-refractivity contribution in [1.82, 2.24) is 5.32 Å². The molecule has 0 saturated heterocycles. The second kappa shape index (κ2) is 7.71. The summed E-state index contributed by atoms with van der Waals surface area (Å²) < 4.78 is 18.5. The summed E-state index contributed by atoms with van der Waals surface area (Å²) in [5, 5.41) is 2.87. The third-order valence-corrected chi connectivity index (χ3v) is 3.44. The molecule has 0 aliphatic rings. The molecule has 22 heavy (non-hydrogen) atoms. The first kappa shape index (κ1) is 16.2. The molecule has 116 valence electrons. The van der Waals surface area contributed by atoms with Crippen molar-refractivity contribution < 1.29 is 13.9 Å². The van der Waals surface area contributed by atoms with E-state index in [9.17, 15) is 9.18 Å². The Morgan fingerprint density at radius 2 is 1.73 bits per heavy atom. The molecule has 0 spiro atoms. The van der Waals surface area contributed by atoms with Crippen LogP contribution in [0.2, 0.25) is 0 Å². The molecule has 2 aromatic rings. The third-order valence-electron chi connectivity index (χ3n) is 3.44. The first-order valence-corrected chi connectivity index (χ1v) is 7.27. The van der Waals surface area contributed by atoms with Crippen molar-refractivity contribution in [3.8, 4) is 0 Å². The average molecular weight is 301 g/mol. The van der Waals surface area contributed by atoms with Gasteiger partial charge in [0.2, 0.25) is 5.91 Å². The summed E-state index contributed by atoms with van der Waals surface area (Å²) in [5.41, 5.74) is 1.87. The molecule has 0 fully saturated rings. The second-order valence-electron chi connectivity index (χ2n) is 5.22. The van der Waals surface area contributed by atoms with E-state index in [-0.39, 0.29) is 17.8 Å². The SMILES string of the molecule is CC(OCc1ccccc1)C(=O)NC(C)c1ccc(F)cc1. The molecule has 4 heteroatoms. The minimum atomic E-state index is -0.553. The molecule has 0 saturated carbocycles. The number of halogens is 1. The van der Waals surface area contributed by atoms with Crippen LogP contribution in [-0.2, 0) is 16.1 Å². The number of ether oxygens (including phenoxy) is 1. The van der Waals surface area contributed by atoms with E-state index < -0.39 is 6.10 Å². The van der Waals surface area contributed by atoms with Crippen LogP contribution in [0.5, 0.6) is 0 Å². The number of hydrogen-bond acceptors (Lipinski definition) is 2. The molecule has 1 amide bonds. The Bertz CT molecular complexity index is 598. The first-order valence-electron chi connectivity index (χ1n) is 7.27. The number of nitrogens with one attached hydrogen (secondary N) is 1. The molecular formula is C18H20FNO2. The Morgan fingerprint density at radius 3 is 2.36 bits per heavy atom. The fourth-order valence-corrected chi connectivity index (χ4v) is 2.04. The van der Waals surface area contributed by atoms with Gasteiger partial charge in [-0.05, 0) is 37.1 Å². The lowest BCUT2D eigenvalue weighted by atomic mass is 10.1. The van der Waals surface area contributed by atoms with Crippen LogP contribution < -0.4 is 5.32 Å². The van der Waals surface area contributed by atoms with Crippen LogP contribution in [0.1, 0.15) is 31.0 Å². The third kappa shape index (κ3) is 4.67. The maximum absolute atomic E-state index is 12.9. The van der Waals surface area contributed by atoms with Gasteiger partial charge in [0.15, 0.2) is 0 Å². The fraction of sp³-hybridized carbons (Fsp3) is 0.278. The molecule has 0 aromatic heterocycles. The topological polar surface area (TPSA) is 38.3 Å². The van der Waals surface area contributed by atoms with Crippen LogP contribution in [0, 0.1) is 5.82 Å². The van der Waals surface area contributed by atoms with Gasteiger partial charge >= 0.3 is 0 Å². The summed E-state index contributed by atoms with van der Waals surface area (Å²) in [4.78, 5) is 12.1. The highest BCUT2D eigenvalue weighted by Crippen LogP contribution is 2.13. The van der Waals surface area contributed by atoms with Gasteiger partial charge in [-0.2, -0.15) is 0 Å². The summed E-state index contributed by atoms with van der Waals surface area (Å²) in [5.74, 6) is -0.477. The number of carbonyl (C=O) groups is 1. The lowest BCUT2D eigenvalue weighted by Gasteiger charge is -2.18. The van der Waals surface area contributed by atoms with E-state index in [0.29, 0.717) is 6.61 Å². The lowest BCUT2D eigenvalue weighted by Crippen LogP contribution is -2.36. The van der Waals surface area contributed by atoms with E-state index in [1.54, 1.807) is 19.1 Å². The van der Waals surface area contributed by atoms with Crippen molar-refractivity contribution in [2.24, 2.45) is 0 Å². The van der Waals surface area contributed by atoms with Crippen LogP contribution in [0.3, 0.4) is 0 Å². The Hall–Kier alpha value is -2.20. The van der Waals surface area contributed by atoms with Gasteiger partial charge in [-0.3, -0.25) is 4.79 Å². The first-order chi connectivity index (χ1) is 10.6. The number of amides is 1. The highest BCUT2D eigenvalue weighted by molar-refractivity contribution is 5.80. The Morgan fingerprint density at radius 1 is 1.09 bits per heavy atom. The van der Waals surface area contributed by atoms with Crippen LogP contribution in [0.25, 0.3) is 0 Å². The average Bonchev–Trinajstić information content (AvgIpc) is 2.54. The Kier molecular flexibility index (Phi) is 5.67. The van der Waals surface area contributed by atoms with Gasteiger partial charge in [0.25, 0.3) is 0 Å². The van der Waals surface area contributed by atoms with Gasteiger partial charge in [-0.1, -0.05) is 42.5 Å². The molecule has 2 aromatic carbocycles. The molecule has 1 N–H and O–H groups in total. The van der Waals surface area contributed by atoms with E-state index in [1.807, 2.05) is 37.3 Å². The fourth-order valence-electron chi connectivity index (χ4n) is 2.04. The zero-order chi connectivity index (χ0) is 15.9. The maximum atomic E-state index is 12.9. The normalized spacial score (nSPS) is 13.4. The summed E-state index contributed by atoms with van der Waals surface area (Å²) in [6.45, 7) is 3.96. The van der Waals surface area contributed by atoms with Crippen molar-refractivity contribution in [1.29, 1.82) is 0 Å². The van der Waals surface area contributed by atoms with Crippen molar-refractivity contribution in [2.45, 2.75) is 32.6 Å². The summed E-state index contributed by atoms with van der Waals surface area (Å²) in [6, 6.07) is 15.6. The van der Waals surface area contributed by atoms with Crippen LogP contribution in [0.15, 0.2) is 54.6 Å². The molecule has 0 aliphatic carbocycles. The molecule has 0 heterocycles.